The Labute approximate surface area is 154 Å². The average Bonchev–Trinajstić information content (AvgIpc) is 2.57. The van der Waals surface area contributed by atoms with Gasteiger partial charge in [-0.3, -0.25) is 4.79 Å². The Balaban J connectivity index is 1.85. The fourth-order valence-electron chi connectivity index (χ4n) is 2.20. The number of carbonyl (C=O) groups excluding carboxylic acids is 1. The van der Waals surface area contributed by atoms with Crippen LogP contribution in [0.4, 0.5) is 24.5 Å². The van der Waals surface area contributed by atoms with Crippen LogP contribution in [-0.4, -0.2) is 19.1 Å². The number of amides is 1. The second kappa shape index (κ2) is 8.80. The van der Waals surface area contributed by atoms with Crippen molar-refractivity contribution in [1.29, 1.82) is 0 Å². The van der Waals surface area contributed by atoms with Crippen molar-refractivity contribution < 1.29 is 22.7 Å². The molecule has 1 amide bonds. The third-order valence-corrected chi connectivity index (χ3v) is 3.73. The lowest BCUT2D eigenvalue weighted by Gasteiger charge is -2.12. The van der Waals surface area contributed by atoms with Crippen molar-refractivity contribution in [3.63, 3.8) is 0 Å². The molecule has 0 saturated carbocycles. The molecular weight excluding hydrogens is 369 g/mol. The first kappa shape index (κ1) is 19.9. The number of nitrogens with one attached hydrogen (secondary N) is 2. The van der Waals surface area contributed by atoms with Crippen LogP contribution in [0.15, 0.2) is 42.5 Å². The lowest BCUT2D eigenvalue weighted by molar-refractivity contribution is -0.137. The zero-order valence-corrected chi connectivity index (χ0v) is 14.7. The van der Waals surface area contributed by atoms with Gasteiger partial charge in [-0.05, 0) is 49.4 Å². The highest BCUT2D eigenvalue weighted by atomic mass is 35.5. The molecule has 0 aliphatic heterocycles. The van der Waals surface area contributed by atoms with Gasteiger partial charge in [0, 0.05) is 24.3 Å². The SMILES string of the molecule is CCOc1ccc(NC(=O)CCNc2ccc(Cl)c(C(F)(F)F)c2)cc1. The van der Waals surface area contributed by atoms with Gasteiger partial charge >= 0.3 is 6.18 Å². The van der Waals surface area contributed by atoms with Crippen LogP contribution < -0.4 is 15.4 Å². The minimum absolute atomic E-state index is 0.0944. The van der Waals surface area contributed by atoms with Gasteiger partial charge < -0.3 is 15.4 Å². The van der Waals surface area contributed by atoms with Crippen molar-refractivity contribution in [3.05, 3.63) is 53.1 Å². The molecule has 0 fully saturated rings. The molecule has 2 rings (SSSR count). The molecule has 0 aliphatic carbocycles. The van der Waals surface area contributed by atoms with E-state index in [1.165, 1.54) is 12.1 Å². The summed E-state index contributed by atoms with van der Waals surface area (Å²) in [5.41, 5.74) is -0.0529. The summed E-state index contributed by atoms with van der Waals surface area (Å²) < 4.78 is 43.7. The first-order valence-corrected chi connectivity index (χ1v) is 8.30. The summed E-state index contributed by atoms with van der Waals surface area (Å²) in [6.45, 7) is 2.61. The molecule has 0 aromatic heterocycles. The van der Waals surface area contributed by atoms with Gasteiger partial charge in [0.1, 0.15) is 5.75 Å². The van der Waals surface area contributed by atoms with Crippen molar-refractivity contribution in [3.8, 4) is 5.75 Å². The molecule has 0 saturated heterocycles. The van der Waals surface area contributed by atoms with Crippen molar-refractivity contribution in [1.82, 2.24) is 0 Å². The zero-order valence-electron chi connectivity index (χ0n) is 14.0. The predicted molar refractivity (Wildman–Crippen MR) is 95.8 cm³/mol. The number of hydrogen-bond acceptors (Lipinski definition) is 3. The lowest BCUT2D eigenvalue weighted by atomic mass is 10.2. The molecule has 0 bridgehead atoms. The highest BCUT2D eigenvalue weighted by Crippen LogP contribution is 2.36. The van der Waals surface area contributed by atoms with Crippen LogP contribution in [0.2, 0.25) is 5.02 Å². The number of carbonyl (C=O) groups is 1. The summed E-state index contributed by atoms with van der Waals surface area (Å²) in [5.74, 6) is 0.446. The van der Waals surface area contributed by atoms with E-state index in [2.05, 4.69) is 10.6 Å². The lowest BCUT2D eigenvalue weighted by Crippen LogP contribution is -2.16. The minimum atomic E-state index is -4.53. The summed E-state index contributed by atoms with van der Waals surface area (Å²) >= 11 is 5.57. The maximum Gasteiger partial charge on any atom is 0.417 e. The van der Waals surface area contributed by atoms with Crippen LogP contribution in [-0.2, 0) is 11.0 Å². The monoisotopic (exact) mass is 386 g/mol. The summed E-state index contributed by atoms with van der Waals surface area (Å²) in [6, 6.07) is 10.4. The van der Waals surface area contributed by atoms with E-state index in [0.29, 0.717) is 18.0 Å². The Bertz CT molecular complexity index is 749. The van der Waals surface area contributed by atoms with Gasteiger partial charge in [0.25, 0.3) is 0 Å². The van der Waals surface area contributed by atoms with E-state index in [1.807, 2.05) is 6.92 Å². The maximum atomic E-state index is 12.8. The average molecular weight is 387 g/mol. The van der Waals surface area contributed by atoms with Gasteiger partial charge in [-0.1, -0.05) is 11.6 Å². The van der Waals surface area contributed by atoms with Crippen LogP contribution >= 0.6 is 11.6 Å². The molecule has 2 N–H and O–H groups in total. The van der Waals surface area contributed by atoms with Gasteiger partial charge in [-0.25, -0.2) is 0 Å². The summed E-state index contributed by atoms with van der Waals surface area (Å²) in [6.07, 6.45) is -4.43. The standard InChI is InChI=1S/C18H18ClF3N2O2/c1-2-26-14-6-3-12(4-7-14)24-17(25)9-10-23-13-5-8-16(19)15(11-13)18(20,21)22/h3-8,11,23H,2,9-10H2,1H3,(H,24,25). The van der Waals surface area contributed by atoms with Crippen LogP contribution in [0, 0.1) is 0 Å². The first-order chi connectivity index (χ1) is 12.3. The molecule has 0 heterocycles. The predicted octanol–water partition coefficient (Wildman–Crippen LogP) is 5.20. The first-order valence-electron chi connectivity index (χ1n) is 7.93. The third kappa shape index (κ3) is 5.84. The van der Waals surface area contributed by atoms with Crippen molar-refractivity contribution in [2.45, 2.75) is 19.5 Å². The van der Waals surface area contributed by atoms with Gasteiger partial charge in [-0.2, -0.15) is 13.2 Å². The minimum Gasteiger partial charge on any atom is -0.494 e. The van der Waals surface area contributed by atoms with E-state index < -0.39 is 11.7 Å². The number of anilines is 2. The fraction of sp³-hybridized carbons (Fsp3) is 0.278. The van der Waals surface area contributed by atoms with E-state index in [9.17, 15) is 18.0 Å². The normalized spacial score (nSPS) is 11.1. The van der Waals surface area contributed by atoms with Crippen molar-refractivity contribution >= 4 is 28.9 Å². The molecule has 0 aliphatic rings. The summed E-state index contributed by atoms with van der Waals surface area (Å²) in [7, 11) is 0. The second-order valence-electron chi connectivity index (χ2n) is 5.37. The van der Waals surface area contributed by atoms with Crippen LogP contribution in [0.25, 0.3) is 0 Å². The number of rotatable bonds is 7. The van der Waals surface area contributed by atoms with E-state index in [-0.39, 0.29) is 29.6 Å². The number of benzene rings is 2. The van der Waals surface area contributed by atoms with E-state index in [4.69, 9.17) is 16.3 Å². The molecule has 140 valence electrons. The summed E-state index contributed by atoms with van der Waals surface area (Å²) in [4.78, 5) is 11.9. The number of halogens is 4. The fourth-order valence-corrected chi connectivity index (χ4v) is 2.42. The highest BCUT2D eigenvalue weighted by Gasteiger charge is 2.33. The van der Waals surface area contributed by atoms with Gasteiger partial charge in [-0.15, -0.1) is 0 Å². The smallest absolute Gasteiger partial charge is 0.417 e. The van der Waals surface area contributed by atoms with Crippen molar-refractivity contribution in [2.75, 3.05) is 23.8 Å². The topological polar surface area (TPSA) is 50.4 Å². The molecule has 4 nitrogen and oxygen atoms in total. The Morgan fingerprint density at radius 1 is 1.12 bits per heavy atom. The number of alkyl halides is 3. The van der Waals surface area contributed by atoms with Crippen LogP contribution in [0.1, 0.15) is 18.9 Å². The Morgan fingerprint density at radius 2 is 1.77 bits per heavy atom. The third-order valence-electron chi connectivity index (χ3n) is 3.40. The van der Waals surface area contributed by atoms with E-state index in [0.717, 1.165) is 6.07 Å². The van der Waals surface area contributed by atoms with Gasteiger partial charge in [0.2, 0.25) is 5.91 Å². The quantitative estimate of drug-likeness (QED) is 0.687. The van der Waals surface area contributed by atoms with E-state index >= 15 is 0 Å². The molecule has 0 spiro atoms. The molecule has 8 heteroatoms. The molecule has 0 radical (unpaired) electrons. The van der Waals surface area contributed by atoms with E-state index in [1.54, 1.807) is 24.3 Å². The molecule has 26 heavy (non-hydrogen) atoms. The van der Waals surface area contributed by atoms with Gasteiger partial charge in [0.15, 0.2) is 0 Å². The Hall–Kier alpha value is -2.41. The van der Waals surface area contributed by atoms with Gasteiger partial charge in [0.05, 0.1) is 17.2 Å². The summed E-state index contributed by atoms with van der Waals surface area (Å²) in [5, 5.41) is 5.13. The van der Waals surface area contributed by atoms with Crippen molar-refractivity contribution in [2.24, 2.45) is 0 Å². The Morgan fingerprint density at radius 3 is 2.38 bits per heavy atom. The molecular formula is C18H18ClF3N2O2. The molecule has 0 atom stereocenters. The highest BCUT2D eigenvalue weighted by molar-refractivity contribution is 6.31. The number of ether oxygens (including phenoxy) is 1. The largest absolute Gasteiger partial charge is 0.494 e. The zero-order chi connectivity index (χ0) is 19.2. The van der Waals surface area contributed by atoms with Crippen LogP contribution in [0.3, 0.4) is 0 Å². The second-order valence-corrected chi connectivity index (χ2v) is 5.78. The molecule has 2 aromatic carbocycles. The number of hydrogen-bond donors (Lipinski definition) is 2. The molecule has 2 aromatic rings. The maximum absolute atomic E-state index is 12.8. The van der Waals surface area contributed by atoms with Crippen LogP contribution in [0.5, 0.6) is 5.75 Å². The molecule has 0 unspecified atom stereocenters. The Kier molecular flexibility index (Phi) is 6.74.